The van der Waals surface area contributed by atoms with Gasteiger partial charge in [-0.25, -0.2) is 4.90 Å². The predicted octanol–water partition coefficient (Wildman–Crippen LogP) is 1.23. The third-order valence-electron chi connectivity index (χ3n) is 2.18. The van der Waals surface area contributed by atoms with Crippen molar-refractivity contribution in [2.24, 2.45) is 0 Å². The predicted molar refractivity (Wildman–Crippen MR) is 63.7 cm³/mol. The largest absolute Gasteiger partial charge is 0.274 e. The van der Waals surface area contributed by atoms with E-state index in [0.29, 0.717) is 5.13 Å². The number of rotatable bonds is 3. The van der Waals surface area contributed by atoms with E-state index in [2.05, 4.69) is 10.2 Å². The summed E-state index contributed by atoms with van der Waals surface area (Å²) in [5.41, 5.74) is 0. The summed E-state index contributed by atoms with van der Waals surface area (Å²) in [5.74, 6) is 0.493. The van der Waals surface area contributed by atoms with Gasteiger partial charge in [-0.2, -0.15) is 0 Å². The summed E-state index contributed by atoms with van der Waals surface area (Å²) in [6, 6.07) is 0. The van der Waals surface area contributed by atoms with Crippen molar-refractivity contribution in [1.29, 1.82) is 0 Å². The lowest BCUT2D eigenvalue weighted by Crippen LogP contribution is -2.31. The molecule has 86 valence electrons. The molecule has 1 saturated heterocycles. The lowest BCUT2D eigenvalue weighted by atomic mass is 10.4. The number of anilines is 1. The van der Waals surface area contributed by atoms with Gasteiger partial charge in [-0.1, -0.05) is 18.3 Å². The first-order valence-electron chi connectivity index (χ1n) is 4.92. The zero-order valence-corrected chi connectivity index (χ0v) is 10.6. The third kappa shape index (κ3) is 1.97. The molecule has 1 aromatic heterocycles. The van der Waals surface area contributed by atoms with Crippen molar-refractivity contribution in [3.05, 3.63) is 5.01 Å². The van der Waals surface area contributed by atoms with Crippen molar-refractivity contribution >= 4 is 40.0 Å². The summed E-state index contributed by atoms with van der Waals surface area (Å²) in [5, 5.41) is 8.55. The van der Waals surface area contributed by atoms with E-state index < -0.39 is 0 Å². The van der Waals surface area contributed by atoms with Gasteiger partial charge in [-0.05, 0) is 12.7 Å². The minimum Gasteiger partial charge on any atom is -0.274 e. The first kappa shape index (κ1) is 11.5. The average molecular weight is 257 g/mol. The van der Waals surface area contributed by atoms with E-state index in [1.807, 2.05) is 6.92 Å². The number of amides is 2. The van der Waals surface area contributed by atoms with Crippen LogP contribution in [0.2, 0.25) is 0 Å². The minimum atomic E-state index is -0.248. The first-order chi connectivity index (χ1) is 7.63. The Morgan fingerprint density at radius 1 is 1.50 bits per heavy atom. The Balaban J connectivity index is 2.22. The summed E-state index contributed by atoms with van der Waals surface area (Å²) < 4.78 is 0. The molecule has 0 saturated carbocycles. The van der Waals surface area contributed by atoms with Gasteiger partial charge >= 0.3 is 0 Å². The van der Waals surface area contributed by atoms with E-state index in [4.69, 9.17) is 0 Å². The topological polar surface area (TPSA) is 63.2 Å². The van der Waals surface area contributed by atoms with E-state index in [1.54, 1.807) is 6.92 Å². The summed E-state index contributed by atoms with van der Waals surface area (Å²) in [4.78, 5) is 24.8. The molecule has 1 aliphatic rings. The number of nitrogens with zero attached hydrogens (tertiary/aromatic N) is 3. The maximum absolute atomic E-state index is 11.9. The van der Waals surface area contributed by atoms with Gasteiger partial charge in [0.25, 0.3) is 0 Å². The molecule has 1 fully saturated rings. The average Bonchev–Trinajstić information content (AvgIpc) is 2.74. The van der Waals surface area contributed by atoms with E-state index in [9.17, 15) is 9.59 Å². The number of carbonyl (C=O) groups excluding carboxylic acids is 2. The van der Waals surface area contributed by atoms with Crippen molar-refractivity contribution in [3.63, 3.8) is 0 Å². The fourth-order valence-corrected chi connectivity index (χ4v) is 3.13. The van der Waals surface area contributed by atoms with Gasteiger partial charge in [0, 0.05) is 6.42 Å². The molecule has 16 heavy (non-hydrogen) atoms. The lowest BCUT2D eigenvalue weighted by molar-refractivity contribution is -0.121. The standard InChI is InChI=1S/C9H11N3O2S2/c1-3-15-6-4-7(13)12(8(6)14)9-11-10-5(2)16-9/h6H,3-4H2,1-2H3. The summed E-state index contributed by atoms with van der Waals surface area (Å²) in [6.45, 7) is 3.77. The maximum Gasteiger partial charge on any atom is 0.249 e. The molecule has 2 rings (SSSR count). The van der Waals surface area contributed by atoms with E-state index in [1.165, 1.54) is 23.1 Å². The molecule has 1 aliphatic heterocycles. The SMILES string of the molecule is CCSC1CC(=O)N(c2nnc(C)s2)C1=O. The van der Waals surface area contributed by atoms with Gasteiger partial charge < -0.3 is 0 Å². The number of aromatic nitrogens is 2. The Bertz CT molecular complexity index is 432. The van der Waals surface area contributed by atoms with Crippen molar-refractivity contribution < 1.29 is 9.59 Å². The highest BCUT2D eigenvalue weighted by atomic mass is 32.2. The fraction of sp³-hybridized carbons (Fsp3) is 0.556. The number of hydrogen-bond acceptors (Lipinski definition) is 6. The molecule has 1 unspecified atom stereocenters. The second kappa shape index (κ2) is 4.50. The second-order valence-corrected chi connectivity index (χ2v) is 5.96. The smallest absolute Gasteiger partial charge is 0.249 e. The van der Waals surface area contributed by atoms with Crippen molar-refractivity contribution in [2.75, 3.05) is 10.7 Å². The van der Waals surface area contributed by atoms with E-state index in [-0.39, 0.29) is 23.5 Å². The highest BCUT2D eigenvalue weighted by Crippen LogP contribution is 2.30. The Kier molecular flexibility index (Phi) is 3.25. The third-order valence-corrected chi connectivity index (χ3v) is 4.11. The highest BCUT2D eigenvalue weighted by molar-refractivity contribution is 8.00. The van der Waals surface area contributed by atoms with Crippen LogP contribution >= 0.6 is 23.1 Å². The molecule has 0 N–H and O–H groups in total. The highest BCUT2D eigenvalue weighted by Gasteiger charge is 2.41. The molecule has 1 aromatic rings. The van der Waals surface area contributed by atoms with E-state index in [0.717, 1.165) is 15.7 Å². The molecule has 0 radical (unpaired) electrons. The van der Waals surface area contributed by atoms with E-state index >= 15 is 0 Å². The molecule has 0 aromatic carbocycles. The van der Waals surface area contributed by atoms with Crippen LogP contribution in [0.15, 0.2) is 0 Å². The van der Waals surface area contributed by atoms with Crippen LogP contribution in [0.3, 0.4) is 0 Å². The summed E-state index contributed by atoms with van der Waals surface area (Å²) in [7, 11) is 0. The number of thioether (sulfide) groups is 1. The van der Waals surface area contributed by atoms with Crippen LogP contribution in [0.5, 0.6) is 0 Å². The Morgan fingerprint density at radius 3 is 2.81 bits per heavy atom. The fourth-order valence-electron chi connectivity index (χ4n) is 1.51. The minimum absolute atomic E-state index is 0.159. The Hall–Kier alpha value is -0.950. The molecule has 5 nitrogen and oxygen atoms in total. The zero-order chi connectivity index (χ0) is 11.7. The Labute approximate surface area is 101 Å². The molecule has 1 atom stereocenters. The van der Waals surface area contributed by atoms with Gasteiger partial charge in [0.1, 0.15) is 5.01 Å². The maximum atomic E-state index is 11.9. The molecule has 0 spiro atoms. The molecule has 2 amide bonds. The lowest BCUT2D eigenvalue weighted by Gasteiger charge is -2.09. The number of hydrogen-bond donors (Lipinski definition) is 0. The molecule has 0 aliphatic carbocycles. The summed E-state index contributed by atoms with van der Waals surface area (Å²) in [6.07, 6.45) is 0.274. The Morgan fingerprint density at radius 2 is 2.25 bits per heavy atom. The monoisotopic (exact) mass is 257 g/mol. The molecule has 7 heteroatoms. The first-order valence-corrected chi connectivity index (χ1v) is 6.78. The second-order valence-electron chi connectivity index (χ2n) is 3.32. The van der Waals surface area contributed by atoms with Gasteiger partial charge in [0.15, 0.2) is 0 Å². The van der Waals surface area contributed by atoms with Crippen LogP contribution in [-0.4, -0.2) is 33.0 Å². The number of carbonyl (C=O) groups is 2. The van der Waals surface area contributed by atoms with Crippen LogP contribution in [0.4, 0.5) is 5.13 Å². The molecule has 2 heterocycles. The molecular weight excluding hydrogens is 246 g/mol. The van der Waals surface area contributed by atoms with Crippen LogP contribution in [0.1, 0.15) is 18.4 Å². The van der Waals surface area contributed by atoms with Crippen LogP contribution in [0, 0.1) is 6.92 Å². The zero-order valence-electron chi connectivity index (χ0n) is 8.97. The van der Waals surface area contributed by atoms with Gasteiger partial charge in [0.2, 0.25) is 16.9 Å². The molecular formula is C9H11N3O2S2. The van der Waals surface area contributed by atoms with Crippen molar-refractivity contribution in [3.8, 4) is 0 Å². The van der Waals surface area contributed by atoms with Gasteiger partial charge in [-0.3, -0.25) is 9.59 Å². The molecule has 0 bridgehead atoms. The normalized spacial score (nSPS) is 20.9. The van der Waals surface area contributed by atoms with Crippen LogP contribution in [-0.2, 0) is 9.59 Å². The van der Waals surface area contributed by atoms with Crippen molar-refractivity contribution in [2.45, 2.75) is 25.5 Å². The van der Waals surface area contributed by atoms with Crippen LogP contribution < -0.4 is 4.90 Å². The number of imide groups is 1. The quantitative estimate of drug-likeness (QED) is 0.762. The van der Waals surface area contributed by atoms with Crippen molar-refractivity contribution in [1.82, 2.24) is 10.2 Å². The number of aryl methyl sites for hydroxylation is 1. The summed E-state index contributed by atoms with van der Waals surface area (Å²) >= 11 is 2.77. The van der Waals surface area contributed by atoms with Gasteiger partial charge in [0.05, 0.1) is 5.25 Å². The van der Waals surface area contributed by atoms with Gasteiger partial charge in [-0.15, -0.1) is 22.0 Å². The van der Waals surface area contributed by atoms with Crippen LogP contribution in [0.25, 0.3) is 0 Å².